The van der Waals surface area contributed by atoms with Crippen molar-refractivity contribution < 1.29 is 17.6 Å². The highest BCUT2D eigenvalue weighted by Crippen LogP contribution is 2.28. The van der Waals surface area contributed by atoms with Crippen molar-refractivity contribution in [2.75, 3.05) is 4.72 Å². The fourth-order valence-corrected chi connectivity index (χ4v) is 3.97. The largest absolute Gasteiger partial charge is 0.326 e. The normalized spacial score (nSPS) is 21.0. The van der Waals surface area contributed by atoms with E-state index in [0.29, 0.717) is 24.1 Å². The Morgan fingerprint density at radius 1 is 1.30 bits per heavy atom. The summed E-state index contributed by atoms with van der Waals surface area (Å²) in [6, 6.07) is 4.24. The van der Waals surface area contributed by atoms with E-state index in [1.165, 1.54) is 18.2 Å². The van der Waals surface area contributed by atoms with Crippen LogP contribution in [0.2, 0.25) is 0 Å². The second-order valence-corrected chi connectivity index (χ2v) is 7.64. The molecule has 5 nitrogen and oxygen atoms in total. The molecule has 1 fully saturated rings. The second-order valence-electron chi connectivity index (χ2n) is 5.74. The molecule has 2 aliphatic rings. The van der Waals surface area contributed by atoms with Crippen LogP contribution >= 0.6 is 0 Å². The van der Waals surface area contributed by atoms with Gasteiger partial charge in [-0.05, 0) is 43.0 Å². The number of allylic oxidation sites excluding steroid dienone is 2. The minimum absolute atomic E-state index is 0.0528. The number of halogens is 1. The molecule has 1 unspecified atom stereocenters. The molecule has 1 heterocycles. The van der Waals surface area contributed by atoms with Crippen LogP contribution in [0.5, 0.6) is 0 Å². The van der Waals surface area contributed by atoms with Crippen molar-refractivity contribution in [3.05, 3.63) is 53.0 Å². The molecule has 122 valence electrons. The monoisotopic (exact) mass is 336 g/mol. The number of fused-ring (bicyclic) bond motifs is 1. The lowest BCUT2D eigenvalue weighted by molar-refractivity contribution is -0.120. The molecule has 1 aromatic carbocycles. The molecule has 1 atom stereocenters. The maximum Gasteiger partial charge on any atom is 0.239 e. The van der Waals surface area contributed by atoms with Gasteiger partial charge in [0.25, 0.3) is 0 Å². The predicted octanol–water partition coefficient (Wildman–Crippen LogP) is 2.37. The van der Waals surface area contributed by atoms with Crippen molar-refractivity contribution in [2.24, 2.45) is 0 Å². The number of sulfonamides is 1. The van der Waals surface area contributed by atoms with Crippen molar-refractivity contribution in [3.8, 4) is 0 Å². The topological polar surface area (TPSA) is 75.3 Å². The van der Waals surface area contributed by atoms with Gasteiger partial charge >= 0.3 is 0 Å². The zero-order valence-electron chi connectivity index (χ0n) is 12.6. The number of benzene rings is 1. The lowest BCUT2D eigenvalue weighted by atomic mass is 9.95. The standard InChI is InChI=1S/C16H17FN2O3S/c1-10-2-4-12(9-14(10)17)19-23(21,22)13-5-6-15-11(8-13)3-7-16(20)18-15/h2,4,6,8-9,13,19H,3,5,7H2,1H3,(H,18,20). The fourth-order valence-electron chi connectivity index (χ4n) is 2.67. The van der Waals surface area contributed by atoms with E-state index in [-0.39, 0.29) is 18.0 Å². The van der Waals surface area contributed by atoms with Gasteiger partial charge in [-0.25, -0.2) is 12.8 Å². The Labute approximate surface area is 134 Å². The van der Waals surface area contributed by atoms with Crippen LogP contribution in [0.1, 0.15) is 24.8 Å². The van der Waals surface area contributed by atoms with Crippen molar-refractivity contribution in [2.45, 2.75) is 31.4 Å². The fraction of sp³-hybridized carbons (Fsp3) is 0.312. The summed E-state index contributed by atoms with van der Waals surface area (Å²) in [5.74, 6) is -0.507. The van der Waals surface area contributed by atoms with Gasteiger partial charge in [-0.15, -0.1) is 0 Å². The summed E-state index contributed by atoms with van der Waals surface area (Å²) >= 11 is 0. The molecule has 3 rings (SSSR count). The van der Waals surface area contributed by atoms with Crippen molar-refractivity contribution in [3.63, 3.8) is 0 Å². The van der Waals surface area contributed by atoms with E-state index in [4.69, 9.17) is 0 Å². The minimum Gasteiger partial charge on any atom is -0.326 e. The molecule has 23 heavy (non-hydrogen) atoms. The van der Waals surface area contributed by atoms with Crippen LogP contribution < -0.4 is 10.0 Å². The summed E-state index contributed by atoms with van der Waals surface area (Å²) < 4.78 is 41.0. The maximum absolute atomic E-state index is 13.6. The first kappa shape index (κ1) is 15.7. The van der Waals surface area contributed by atoms with Gasteiger partial charge in [-0.1, -0.05) is 18.2 Å². The maximum atomic E-state index is 13.6. The summed E-state index contributed by atoms with van der Waals surface area (Å²) in [6.45, 7) is 1.61. The van der Waals surface area contributed by atoms with E-state index in [1.54, 1.807) is 19.1 Å². The Kier molecular flexibility index (Phi) is 3.97. The Hall–Kier alpha value is -2.15. The summed E-state index contributed by atoms with van der Waals surface area (Å²) in [4.78, 5) is 11.4. The molecule has 0 radical (unpaired) electrons. The molecule has 7 heteroatoms. The number of carbonyl (C=O) groups excluding carboxylic acids is 1. The molecule has 1 amide bonds. The van der Waals surface area contributed by atoms with Crippen molar-refractivity contribution in [1.82, 2.24) is 5.32 Å². The summed E-state index contributed by atoms with van der Waals surface area (Å²) in [5.41, 5.74) is 2.20. The Morgan fingerprint density at radius 3 is 2.83 bits per heavy atom. The average molecular weight is 336 g/mol. The average Bonchev–Trinajstić information content (AvgIpc) is 2.50. The third-order valence-corrected chi connectivity index (χ3v) is 5.66. The number of amides is 1. The quantitative estimate of drug-likeness (QED) is 0.890. The van der Waals surface area contributed by atoms with Crippen LogP contribution in [0, 0.1) is 12.7 Å². The number of piperidine rings is 1. The summed E-state index contributed by atoms with van der Waals surface area (Å²) in [5, 5.41) is 2.01. The van der Waals surface area contributed by atoms with Gasteiger partial charge in [0, 0.05) is 12.1 Å². The zero-order chi connectivity index (χ0) is 16.6. The number of nitrogens with one attached hydrogen (secondary N) is 2. The number of anilines is 1. The van der Waals surface area contributed by atoms with Gasteiger partial charge < -0.3 is 5.32 Å². The van der Waals surface area contributed by atoms with Crippen LogP contribution in [0.4, 0.5) is 10.1 Å². The molecule has 0 aromatic heterocycles. The van der Waals surface area contributed by atoms with Crippen LogP contribution in [0.15, 0.2) is 41.6 Å². The predicted molar refractivity (Wildman–Crippen MR) is 85.6 cm³/mol. The highest BCUT2D eigenvalue weighted by molar-refractivity contribution is 7.93. The number of rotatable bonds is 3. The van der Waals surface area contributed by atoms with Crippen LogP contribution in [-0.2, 0) is 14.8 Å². The number of hydrogen-bond donors (Lipinski definition) is 2. The van der Waals surface area contributed by atoms with E-state index in [2.05, 4.69) is 10.0 Å². The lowest BCUT2D eigenvalue weighted by Gasteiger charge is -2.26. The van der Waals surface area contributed by atoms with E-state index in [9.17, 15) is 17.6 Å². The van der Waals surface area contributed by atoms with Gasteiger partial charge in [0.15, 0.2) is 0 Å². The summed E-state index contributed by atoms with van der Waals surface area (Å²) in [6.07, 6.45) is 4.55. The highest BCUT2D eigenvalue weighted by atomic mass is 32.2. The smallest absolute Gasteiger partial charge is 0.239 e. The molecule has 1 saturated heterocycles. The van der Waals surface area contributed by atoms with Crippen LogP contribution in [0.3, 0.4) is 0 Å². The van der Waals surface area contributed by atoms with E-state index in [1.807, 2.05) is 0 Å². The molecule has 0 bridgehead atoms. The van der Waals surface area contributed by atoms with E-state index >= 15 is 0 Å². The highest BCUT2D eigenvalue weighted by Gasteiger charge is 2.29. The second kappa shape index (κ2) is 5.81. The van der Waals surface area contributed by atoms with E-state index in [0.717, 1.165) is 5.57 Å². The molecule has 0 saturated carbocycles. The zero-order valence-corrected chi connectivity index (χ0v) is 13.4. The van der Waals surface area contributed by atoms with E-state index < -0.39 is 21.1 Å². The SMILES string of the molecule is Cc1ccc(NS(=O)(=O)C2C=C3CCC(=O)NC3=CC2)cc1F. The first-order chi connectivity index (χ1) is 10.8. The summed E-state index contributed by atoms with van der Waals surface area (Å²) in [7, 11) is -3.68. The molecule has 1 aromatic rings. The van der Waals surface area contributed by atoms with Gasteiger partial charge in [0.1, 0.15) is 11.1 Å². The molecule has 1 aliphatic carbocycles. The van der Waals surface area contributed by atoms with Gasteiger partial charge in [-0.2, -0.15) is 0 Å². The van der Waals surface area contributed by atoms with Crippen LogP contribution in [0.25, 0.3) is 0 Å². The van der Waals surface area contributed by atoms with Gasteiger partial charge in [-0.3, -0.25) is 9.52 Å². The van der Waals surface area contributed by atoms with Gasteiger partial charge in [0.05, 0.1) is 5.69 Å². The van der Waals surface area contributed by atoms with Crippen molar-refractivity contribution in [1.29, 1.82) is 0 Å². The number of aryl methyl sites for hydroxylation is 1. The van der Waals surface area contributed by atoms with Gasteiger partial charge in [0.2, 0.25) is 15.9 Å². The first-order valence-electron chi connectivity index (χ1n) is 7.34. The Balaban J connectivity index is 1.80. The van der Waals surface area contributed by atoms with Crippen molar-refractivity contribution >= 4 is 21.6 Å². The molecular formula is C16H17FN2O3S. The lowest BCUT2D eigenvalue weighted by Crippen LogP contribution is -2.34. The molecule has 1 aliphatic heterocycles. The third kappa shape index (κ3) is 3.29. The third-order valence-electron chi connectivity index (χ3n) is 4.01. The molecule has 0 spiro atoms. The molecular weight excluding hydrogens is 319 g/mol. The first-order valence-corrected chi connectivity index (χ1v) is 8.88. The van der Waals surface area contributed by atoms with Crippen LogP contribution in [-0.4, -0.2) is 19.6 Å². The number of carbonyl (C=O) groups is 1. The Morgan fingerprint density at radius 2 is 2.09 bits per heavy atom. The molecule has 2 N–H and O–H groups in total. The Bertz CT molecular complexity index is 828. The number of hydrogen-bond acceptors (Lipinski definition) is 3. The minimum atomic E-state index is -3.68.